The van der Waals surface area contributed by atoms with Crippen LogP contribution >= 0.6 is 0 Å². The van der Waals surface area contributed by atoms with E-state index in [1.165, 1.54) is 5.69 Å². The maximum absolute atomic E-state index is 12.0. The molecule has 1 aromatic rings. The first kappa shape index (κ1) is 15.5. The molecule has 0 aliphatic carbocycles. The number of anilines is 1. The molecule has 0 fully saturated rings. The SMILES string of the molecule is CCCCN(C)C(=O)CCN(CC)c1ccccc1. The summed E-state index contributed by atoms with van der Waals surface area (Å²) in [6.07, 6.45) is 2.80. The van der Waals surface area contributed by atoms with Gasteiger partial charge in [-0.25, -0.2) is 0 Å². The van der Waals surface area contributed by atoms with E-state index in [1.54, 1.807) is 0 Å². The predicted octanol–water partition coefficient (Wildman–Crippen LogP) is 3.16. The van der Waals surface area contributed by atoms with Crippen molar-refractivity contribution in [3.05, 3.63) is 30.3 Å². The number of nitrogens with zero attached hydrogens (tertiary/aromatic N) is 2. The van der Waals surface area contributed by atoms with E-state index in [0.717, 1.165) is 32.5 Å². The molecule has 0 heterocycles. The van der Waals surface area contributed by atoms with Crippen LogP contribution in [0, 0.1) is 0 Å². The van der Waals surface area contributed by atoms with E-state index < -0.39 is 0 Å². The fourth-order valence-electron chi connectivity index (χ4n) is 2.05. The van der Waals surface area contributed by atoms with Gasteiger partial charge in [0.25, 0.3) is 0 Å². The minimum absolute atomic E-state index is 0.239. The summed E-state index contributed by atoms with van der Waals surface area (Å²) in [4.78, 5) is 16.1. The zero-order chi connectivity index (χ0) is 14.1. The molecular weight excluding hydrogens is 236 g/mol. The summed E-state index contributed by atoms with van der Waals surface area (Å²) < 4.78 is 0. The van der Waals surface area contributed by atoms with Crippen LogP contribution in [0.3, 0.4) is 0 Å². The molecule has 1 rings (SSSR count). The average molecular weight is 262 g/mol. The topological polar surface area (TPSA) is 23.6 Å². The lowest BCUT2D eigenvalue weighted by molar-refractivity contribution is -0.129. The summed E-state index contributed by atoms with van der Waals surface area (Å²) in [7, 11) is 1.90. The Kier molecular flexibility index (Phi) is 7.01. The number of hydrogen-bond donors (Lipinski definition) is 0. The van der Waals surface area contributed by atoms with Crippen molar-refractivity contribution in [1.29, 1.82) is 0 Å². The lowest BCUT2D eigenvalue weighted by atomic mass is 10.2. The maximum Gasteiger partial charge on any atom is 0.224 e. The minimum Gasteiger partial charge on any atom is -0.371 e. The van der Waals surface area contributed by atoms with Crippen molar-refractivity contribution in [1.82, 2.24) is 4.90 Å². The second kappa shape index (κ2) is 8.57. The van der Waals surface area contributed by atoms with E-state index in [1.807, 2.05) is 30.1 Å². The molecule has 0 aliphatic rings. The Balaban J connectivity index is 2.43. The van der Waals surface area contributed by atoms with Crippen molar-refractivity contribution >= 4 is 11.6 Å². The molecule has 1 amide bonds. The molecule has 0 saturated carbocycles. The van der Waals surface area contributed by atoms with Gasteiger partial charge in [0.05, 0.1) is 0 Å². The average Bonchev–Trinajstić information content (AvgIpc) is 2.46. The molecule has 19 heavy (non-hydrogen) atoms. The van der Waals surface area contributed by atoms with E-state index in [2.05, 4.69) is 30.9 Å². The van der Waals surface area contributed by atoms with Crippen LogP contribution in [0.5, 0.6) is 0 Å². The van der Waals surface area contributed by atoms with Gasteiger partial charge in [0, 0.05) is 38.8 Å². The van der Waals surface area contributed by atoms with E-state index >= 15 is 0 Å². The Labute approximate surface area is 117 Å². The van der Waals surface area contributed by atoms with Gasteiger partial charge < -0.3 is 9.80 Å². The first-order valence-electron chi connectivity index (χ1n) is 7.23. The molecule has 106 valence electrons. The molecule has 0 aliphatic heterocycles. The van der Waals surface area contributed by atoms with Crippen molar-refractivity contribution in [3.8, 4) is 0 Å². The molecule has 0 radical (unpaired) electrons. The number of benzene rings is 1. The third-order valence-electron chi connectivity index (χ3n) is 3.37. The highest BCUT2D eigenvalue weighted by atomic mass is 16.2. The molecule has 0 atom stereocenters. The zero-order valence-electron chi connectivity index (χ0n) is 12.4. The molecule has 0 bridgehead atoms. The number of amides is 1. The van der Waals surface area contributed by atoms with Crippen LogP contribution in [0.1, 0.15) is 33.1 Å². The lowest BCUT2D eigenvalue weighted by Crippen LogP contribution is -2.32. The first-order valence-corrected chi connectivity index (χ1v) is 7.23. The molecule has 0 N–H and O–H groups in total. The summed E-state index contributed by atoms with van der Waals surface area (Å²) in [6, 6.07) is 10.3. The summed E-state index contributed by atoms with van der Waals surface area (Å²) in [5.41, 5.74) is 1.19. The van der Waals surface area contributed by atoms with Crippen LogP contribution in [0.15, 0.2) is 30.3 Å². The van der Waals surface area contributed by atoms with Crippen molar-refractivity contribution in [3.63, 3.8) is 0 Å². The summed E-state index contributed by atoms with van der Waals surface area (Å²) in [5, 5.41) is 0. The fraction of sp³-hybridized carbons (Fsp3) is 0.562. The fourth-order valence-corrected chi connectivity index (χ4v) is 2.05. The predicted molar refractivity (Wildman–Crippen MR) is 81.5 cm³/mol. The summed E-state index contributed by atoms with van der Waals surface area (Å²) in [5.74, 6) is 0.239. The molecule has 0 saturated heterocycles. The van der Waals surface area contributed by atoms with Crippen LogP contribution < -0.4 is 4.90 Å². The number of carbonyl (C=O) groups is 1. The highest BCUT2D eigenvalue weighted by Gasteiger charge is 2.10. The van der Waals surface area contributed by atoms with E-state index in [4.69, 9.17) is 0 Å². The zero-order valence-corrected chi connectivity index (χ0v) is 12.4. The van der Waals surface area contributed by atoms with E-state index in [0.29, 0.717) is 6.42 Å². The van der Waals surface area contributed by atoms with Crippen molar-refractivity contribution < 1.29 is 4.79 Å². The van der Waals surface area contributed by atoms with Crippen LogP contribution in [0.4, 0.5) is 5.69 Å². The molecule has 3 nitrogen and oxygen atoms in total. The van der Waals surface area contributed by atoms with Crippen molar-refractivity contribution in [2.75, 3.05) is 31.6 Å². The maximum atomic E-state index is 12.0. The number of para-hydroxylation sites is 1. The molecule has 3 heteroatoms. The largest absolute Gasteiger partial charge is 0.371 e. The smallest absolute Gasteiger partial charge is 0.224 e. The van der Waals surface area contributed by atoms with Gasteiger partial charge in [0.1, 0.15) is 0 Å². The Morgan fingerprint density at radius 1 is 1.11 bits per heavy atom. The highest BCUT2D eigenvalue weighted by molar-refractivity contribution is 5.76. The van der Waals surface area contributed by atoms with Gasteiger partial charge in [-0.2, -0.15) is 0 Å². The van der Waals surface area contributed by atoms with Gasteiger partial charge in [-0.1, -0.05) is 31.5 Å². The Bertz CT molecular complexity index is 364. The molecule has 0 spiro atoms. The Morgan fingerprint density at radius 2 is 1.79 bits per heavy atom. The van der Waals surface area contributed by atoms with E-state index in [-0.39, 0.29) is 5.91 Å². The molecule has 1 aromatic carbocycles. The van der Waals surface area contributed by atoms with Crippen LogP contribution in [-0.4, -0.2) is 37.5 Å². The Hall–Kier alpha value is -1.51. The van der Waals surface area contributed by atoms with Crippen LogP contribution in [-0.2, 0) is 4.79 Å². The van der Waals surface area contributed by atoms with Gasteiger partial charge in [0.2, 0.25) is 5.91 Å². The minimum atomic E-state index is 0.239. The Morgan fingerprint density at radius 3 is 2.37 bits per heavy atom. The van der Waals surface area contributed by atoms with Crippen LogP contribution in [0.2, 0.25) is 0 Å². The van der Waals surface area contributed by atoms with Gasteiger partial charge in [-0.05, 0) is 25.5 Å². The highest BCUT2D eigenvalue weighted by Crippen LogP contribution is 2.13. The normalized spacial score (nSPS) is 10.3. The van der Waals surface area contributed by atoms with Crippen LogP contribution in [0.25, 0.3) is 0 Å². The van der Waals surface area contributed by atoms with Gasteiger partial charge in [-0.15, -0.1) is 0 Å². The second-order valence-electron chi connectivity index (χ2n) is 4.83. The standard InChI is InChI=1S/C16H26N2O/c1-4-6-13-17(3)16(19)12-14-18(5-2)15-10-8-7-9-11-15/h7-11H,4-6,12-14H2,1-3H3. The summed E-state index contributed by atoms with van der Waals surface area (Å²) in [6.45, 7) is 6.85. The third kappa shape index (κ3) is 5.33. The number of rotatable bonds is 8. The summed E-state index contributed by atoms with van der Waals surface area (Å²) >= 11 is 0. The first-order chi connectivity index (χ1) is 9.19. The number of unbranched alkanes of at least 4 members (excludes halogenated alkanes) is 1. The second-order valence-corrected chi connectivity index (χ2v) is 4.83. The van der Waals surface area contributed by atoms with E-state index in [9.17, 15) is 4.79 Å². The number of carbonyl (C=O) groups excluding carboxylic acids is 1. The number of hydrogen-bond acceptors (Lipinski definition) is 2. The molecule has 0 aromatic heterocycles. The van der Waals surface area contributed by atoms with Crippen molar-refractivity contribution in [2.24, 2.45) is 0 Å². The van der Waals surface area contributed by atoms with Gasteiger partial charge in [-0.3, -0.25) is 4.79 Å². The third-order valence-corrected chi connectivity index (χ3v) is 3.37. The van der Waals surface area contributed by atoms with Crippen molar-refractivity contribution in [2.45, 2.75) is 33.1 Å². The van der Waals surface area contributed by atoms with Gasteiger partial charge >= 0.3 is 0 Å². The monoisotopic (exact) mass is 262 g/mol. The quantitative estimate of drug-likeness (QED) is 0.718. The molecule has 0 unspecified atom stereocenters. The molecular formula is C16H26N2O. The lowest BCUT2D eigenvalue weighted by Gasteiger charge is -2.24. The van der Waals surface area contributed by atoms with Gasteiger partial charge in [0.15, 0.2) is 0 Å².